The van der Waals surface area contributed by atoms with E-state index in [9.17, 15) is 17.6 Å². The number of morpholine rings is 1. The van der Waals surface area contributed by atoms with Crippen molar-refractivity contribution in [3.8, 4) is 0 Å². The van der Waals surface area contributed by atoms with Crippen LogP contribution in [0, 0.1) is 0 Å². The van der Waals surface area contributed by atoms with E-state index in [0.717, 1.165) is 0 Å². The first-order valence-corrected chi connectivity index (χ1v) is 10.7. The van der Waals surface area contributed by atoms with Crippen molar-refractivity contribution in [1.29, 1.82) is 0 Å². The zero-order valence-electron chi connectivity index (χ0n) is 16.9. The van der Waals surface area contributed by atoms with Gasteiger partial charge in [0, 0.05) is 31.9 Å². The number of carbonyl (C=O) groups is 1. The molecule has 1 aromatic carbocycles. The smallest absolute Gasteiger partial charge is 0.407 e. The van der Waals surface area contributed by atoms with Gasteiger partial charge in [0.15, 0.2) is 0 Å². The molecule has 0 aromatic heterocycles. The Morgan fingerprint density at radius 2 is 1.83 bits per heavy atom. The summed E-state index contributed by atoms with van der Waals surface area (Å²) < 4.78 is 50.0. The lowest BCUT2D eigenvalue weighted by molar-refractivity contribution is 0.0532. The second kappa shape index (κ2) is 10.0. The maximum absolute atomic E-state index is 13.1. The number of rotatable bonds is 7. The number of ether oxygens (including phenoxy) is 2. The highest BCUT2D eigenvalue weighted by molar-refractivity contribution is 7.89. The third-order valence-corrected chi connectivity index (χ3v) is 5.91. The molecule has 1 saturated heterocycles. The molecule has 2 N–H and O–H groups in total. The van der Waals surface area contributed by atoms with Crippen LogP contribution in [0.15, 0.2) is 41.1 Å². The van der Waals surface area contributed by atoms with E-state index < -0.39 is 21.7 Å². The highest BCUT2D eigenvalue weighted by Gasteiger charge is 2.26. The lowest BCUT2D eigenvalue weighted by atomic mass is 10.2. The van der Waals surface area contributed by atoms with E-state index in [1.54, 1.807) is 32.9 Å². The van der Waals surface area contributed by atoms with Crippen molar-refractivity contribution in [2.45, 2.75) is 31.3 Å². The summed E-state index contributed by atoms with van der Waals surface area (Å²) in [5, 5.41) is 5.48. The van der Waals surface area contributed by atoms with E-state index in [0.29, 0.717) is 43.9 Å². The van der Waals surface area contributed by atoms with Crippen LogP contribution in [0.2, 0.25) is 0 Å². The van der Waals surface area contributed by atoms with E-state index in [1.165, 1.54) is 16.4 Å². The summed E-state index contributed by atoms with van der Waals surface area (Å²) in [7, 11) is -3.56. The van der Waals surface area contributed by atoms with Gasteiger partial charge >= 0.3 is 6.09 Å². The lowest BCUT2D eigenvalue weighted by Gasteiger charge is -2.26. The van der Waals surface area contributed by atoms with Crippen LogP contribution in [0.4, 0.5) is 14.9 Å². The third-order valence-electron chi connectivity index (χ3n) is 3.99. The van der Waals surface area contributed by atoms with E-state index in [-0.39, 0.29) is 18.0 Å². The van der Waals surface area contributed by atoms with Gasteiger partial charge in [0.05, 0.1) is 24.4 Å². The van der Waals surface area contributed by atoms with Crippen LogP contribution in [-0.2, 0) is 19.5 Å². The fourth-order valence-corrected chi connectivity index (χ4v) is 3.94. The number of alkyl carbamates (subject to hydrolysis) is 1. The average molecular weight is 430 g/mol. The number of amides is 1. The van der Waals surface area contributed by atoms with Crippen LogP contribution >= 0.6 is 0 Å². The topological polar surface area (TPSA) is 97.0 Å². The van der Waals surface area contributed by atoms with Crippen LogP contribution in [0.3, 0.4) is 0 Å². The normalized spacial score (nSPS) is 16.3. The molecule has 0 unspecified atom stereocenters. The van der Waals surface area contributed by atoms with Gasteiger partial charge in [-0.1, -0.05) is 0 Å². The molecule has 29 heavy (non-hydrogen) atoms. The molecule has 0 bridgehead atoms. The summed E-state index contributed by atoms with van der Waals surface area (Å²) in [6.07, 6.45) is -0.212. The molecular weight excluding hydrogens is 401 g/mol. The van der Waals surface area contributed by atoms with E-state index in [2.05, 4.69) is 10.6 Å². The second-order valence-electron chi connectivity index (χ2n) is 7.52. The van der Waals surface area contributed by atoms with Crippen LogP contribution < -0.4 is 10.6 Å². The minimum Gasteiger partial charge on any atom is -0.444 e. The molecule has 1 aliphatic rings. The molecule has 1 heterocycles. The van der Waals surface area contributed by atoms with Crippen LogP contribution in [0.25, 0.3) is 0 Å². The summed E-state index contributed by atoms with van der Waals surface area (Å²) in [5.41, 5.74) is 0.300. The largest absolute Gasteiger partial charge is 0.444 e. The molecule has 0 aliphatic carbocycles. The predicted molar refractivity (Wildman–Crippen MR) is 108 cm³/mol. The molecule has 1 aliphatic heterocycles. The van der Waals surface area contributed by atoms with Gasteiger partial charge < -0.3 is 20.1 Å². The Morgan fingerprint density at radius 1 is 1.21 bits per heavy atom. The molecule has 8 nitrogen and oxygen atoms in total. The molecule has 0 spiro atoms. The summed E-state index contributed by atoms with van der Waals surface area (Å²) in [5.74, 6) is 0. The molecule has 1 amide bonds. The van der Waals surface area contributed by atoms with Gasteiger partial charge in [-0.25, -0.2) is 17.6 Å². The van der Waals surface area contributed by atoms with E-state index >= 15 is 0 Å². The fourth-order valence-electron chi connectivity index (χ4n) is 2.54. The Hall–Kier alpha value is -2.17. The van der Waals surface area contributed by atoms with Crippen molar-refractivity contribution in [3.63, 3.8) is 0 Å². The van der Waals surface area contributed by atoms with Crippen molar-refractivity contribution >= 4 is 21.8 Å². The molecule has 2 rings (SSSR count). The standard InChI is InChI=1S/C19H28FN3O5S/c1-19(2,3)28-18(24)22-14-15(12-20)13-21-16-4-6-17(7-5-16)29(25,26)23-8-10-27-11-9-23/h4-7,12,21H,8-11,13-14H2,1-3H3,(H,22,24)/b15-12+. The number of anilines is 1. The lowest BCUT2D eigenvalue weighted by Crippen LogP contribution is -2.40. The number of hydrogen-bond donors (Lipinski definition) is 2. The number of sulfonamides is 1. The summed E-state index contributed by atoms with van der Waals surface area (Å²) in [4.78, 5) is 11.8. The van der Waals surface area contributed by atoms with Gasteiger partial charge in [0.25, 0.3) is 0 Å². The number of halogens is 1. The molecule has 1 aromatic rings. The number of hydrogen-bond acceptors (Lipinski definition) is 6. The van der Waals surface area contributed by atoms with Crippen molar-refractivity contribution in [2.75, 3.05) is 44.7 Å². The monoisotopic (exact) mass is 429 g/mol. The first-order valence-electron chi connectivity index (χ1n) is 9.28. The maximum atomic E-state index is 13.1. The van der Waals surface area contributed by atoms with Gasteiger partial charge in [-0.15, -0.1) is 0 Å². The third kappa shape index (κ3) is 7.30. The van der Waals surface area contributed by atoms with Crippen molar-refractivity contribution < 1.29 is 27.1 Å². The molecule has 10 heteroatoms. The highest BCUT2D eigenvalue weighted by Crippen LogP contribution is 2.19. The number of nitrogens with one attached hydrogen (secondary N) is 2. The summed E-state index contributed by atoms with van der Waals surface area (Å²) >= 11 is 0. The van der Waals surface area contributed by atoms with Gasteiger partial charge in [-0.2, -0.15) is 4.31 Å². The zero-order valence-corrected chi connectivity index (χ0v) is 17.7. The molecule has 1 fully saturated rings. The second-order valence-corrected chi connectivity index (χ2v) is 9.46. The van der Waals surface area contributed by atoms with E-state index in [4.69, 9.17) is 9.47 Å². The van der Waals surface area contributed by atoms with Crippen LogP contribution in [0.5, 0.6) is 0 Å². The van der Waals surface area contributed by atoms with Gasteiger partial charge in [-0.05, 0) is 50.6 Å². The van der Waals surface area contributed by atoms with Crippen molar-refractivity contribution in [2.24, 2.45) is 0 Å². The van der Waals surface area contributed by atoms with Crippen molar-refractivity contribution in [1.82, 2.24) is 9.62 Å². The fraction of sp³-hybridized carbons (Fsp3) is 0.526. The summed E-state index contributed by atoms with van der Waals surface area (Å²) in [6.45, 7) is 6.77. The average Bonchev–Trinajstić information content (AvgIpc) is 2.68. The molecule has 0 saturated carbocycles. The van der Waals surface area contributed by atoms with Gasteiger partial charge in [-0.3, -0.25) is 0 Å². The molecule has 0 atom stereocenters. The maximum Gasteiger partial charge on any atom is 0.407 e. The van der Waals surface area contributed by atoms with E-state index in [1.807, 2.05) is 0 Å². The highest BCUT2D eigenvalue weighted by atomic mass is 32.2. The van der Waals surface area contributed by atoms with Crippen molar-refractivity contribution in [3.05, 3.63) is 36.2 Å². The number of carbonyl (C=O) groups excluding carboxylic acids is 1. The Balaban J connectivity index is 1.88. The van der Waals surface area contributed by atoms with Gasteiger partial charge in [0.2, 0.25) is 10.0 Å². The van der Waals surface area contributed by atoms with Crippen LogP contribution in [0.1, 0.15) is 20.8 Å². The predicted octanol–water partition coefficient (Wildman–Crippen LogP) is 2.50. The minimum atomic E-state index is -3.56. The number of nitrogens with zero attached hydrogens (tertiary/aromatic N) is 1. The Kier molecular flexibility index (Phi) is 8.00. The quantitative estimate of drug-likeness (QED) is 0.691. The molecule has 0 radical (unpaired) electrons. The zero-order chi connectivity index (χ0) is 21.5. The first kappa shape index (κ1) is 23.1. The van der Waals surface area contributed by atoms with Crippen LogP contribution in [-0.4, -0.2) is 63.8 Å². The minimum absolute atomic E-state index is 0.0120. The molecular formula is C19H28FN3O5S. The Morgan fingerprint density at radius 3 is 2.38 bits per heavy atom. The summed E-state index contributed by atoms with van der Waals surface area (Å²) in [6, 6.07) is 6.24. The van der Waals surface area contributed by atoms with Gasteiger partial charge in [0.1, 0.15) is 5.60 Å². The Labute approximate surface area is 171 Å². The Bertz CT molecular complexity index is 813. The number of benzene rings is 1. The SMILES string of the molecule is CC(C)(C)OC(=O)NC/C(=C/F)CNc1ccc(S(=O)(=O)N2CCOCC2)cc1. The first-order chi connectivity index (χ1) is 13.6. The molecule has 162 valence electrons.